The molecule has 0 spiro atoms. The highest BCUT2D eigenvalue weighted by Crippen LogP contribution is 2.37. The summed E-state index contributed by atoms with van der Waals surface area (Å²) in [6.07, 6.45) is 0. The van der Waals surface area contributed by atoms with Gasteiger partial charge >= 0.3 is 5.51 Å². The molecule has 0 saturated carbocycles. The lowest BCUT2D eigenvalue weighted by atomic mass is 10.2. The molecule has 0 amide bonds. The average Bonchev–Trinajstić information content (AvgIpc) is 2.35. The van der Waals surface area contributed by atoms with Crippen molar-refractivity contribution >= 4 is 27.7 Å². The molecule has 0 aromatic heterocycles. The monoisotopic (exact) mass is 373 g/mol. The molecule has 0 heterocycles. The molecule has 0 aliphatic heterocycles. The molecule has 0 atom stereocenters. The van der Waals surface area contributed by atoms with Crippen LogP contribution in [0.1, 0.15) is 12.5 Å². The second-order valence-electron chi connectivity index (χ2n) is 3.68. The Morgan fingerprint density at radius 3 is 2.55 bits per heavy atom. The van der Waals surface area contributed by atoms with E-state index in [-0.39, 0.29) is 24.1 Å². The second-order valence-corrected chi connectivity index (χ2v) is 5.70. The molecule has 0 unspecified atom stereocenters. The highest BCUT2D eigenvalue weighted by Gasteiger charge is 2.27. The van der Waals surface area contributed by atoms with Crippen LogP contribution in [0.4, 0.5) is 13.2 Å². The van der Waals surface area contributed by atoms with Crippen molar-refractivity contribution in [2.75, 3.05) is 19.0 Å². The van der Waals surface area contributed by atoms with Crippen molar-refractivity contribution in [2.45, 2.75) is 19.0 Å². The van der Waals surface area contributed by atoms with E-state index >= 15 is 0 Å². The van der Waals surface area contributed by atoms with Crippen molar-refractivity contribution in [3.8, 4) is 11.5 Å². The van der Waals surface area contributed by atoms with Crippen molar-refractivity contribution in [1.29, 1.82) is 0 Å². The Hall–Kier alpha value is -0.600. The number of alkyl halides is 3. The van der Waals surface area contributed by atoms with E-state index in [4.69, 9.17) is 15.2 Å². The van der Waals surface area contributed by atoms with Crippen LogP contribution >= 0.6 is 27.7 Å². The lowest BCUT2D eigenvalue weighted by Crippen LogP contribution is -2.09. The summed E-state index contributed by atoms with van der Waals surface area (Å²) in [5.74, 6) is 0.686. The average molecular weight is 374 g/mol. The van der Waals surface area contributed by atoms with Crippen LogP contribution in [0.3, 0.4) is 0 Å². The van der Waals surface area contributed by atoms with Gasteiger partial charge in [-0.15, -0.1) is 0 Å². The van der Waals surface area contributed by atoms with Gasteiger partial charge in [0, 0.05) is 12.3 Å². The zero-order valence-electron chi connectivity index (χ0n) is 10.8. The Bertz CT molecular complexity index is 443. The van der Waals surface area contributed by atoms with E-state index in [9.17, 15) is 13.2 Å². The number of hydrogen-bond acceptors (Lipinski definition) is 4. The first kappa shape index (κ1) is 17.5. The van der Waals surface area contributed by atoms with Crippen LogP contribution < -0.4 is 15.2 Å². The molecule has 0 fully saturated rings. The van der Waals surface area contributed by atoms with Gasteiger partial charge in [0.05, 0.1) is 17.7 Å². The minimum absolute atomic E-state index is 0.0647. The smallest absolute Gasteiger partial charge is 0.441 e. The zero-order chi connectivity index (χ0) is 15.2. The summed E-state index contributed by atoms with van der Waals surface area (Å²) < 4.78 is 47.5. The van der Waals surface area contributed by atoms with E-state index in [0.717, 1.165) is 5.56 Å². The Balaban J connectivity index is 2.72. The minimum Gasteiger partial charge on any atom is -0.490 e. The molecule has 20 heavy (non-hydrogen) atoms. The number of halogens is 4. The van der Waals surface area contributed by atoms with Crippen LogP contribution in [0.5, 0.6) is 11.5 Å². The highest BCUT2D eigenvalue weighted by atomic mass is 79.9. The lowest BCUT2D eigenvalue weighted by Gasteiger charge is -2.15. The van der Waals surface area contributed by atoms with Gasteiger partial charge in [-0.1, -0.05) is 0 Å². The number of rotatable bonds is 7. The van der Waals surface area contributed by atoms with Gasteiger partial charge in [0.15, 0.2) is 11.5 Å². The summed E-state index contributed by atoms with van der Waals surface area (Å²) in [7, 11) is 0. The Labute approximate surface area is 128 Å². The van der Waals surface area contributed by atoms with Gasteiger partial charge in [-0.2, -0.15) is 13.2 Å². The molecule has 0 saturated heterocycles. The maximum absolute atomic E-state index is 12.0. The van der Waals surface area contributed by atoms with Crippen molar-refractivity contribution in [3.63, 3.8) is 0 Å². The van der Waals surface area contributed by atoms with Crippen LogP contribution in [-0.2, 0) is 6.54 Å². The molecule has 3 nitrogen and oxygen atoms in total. The van der Waals surface area contributed by atoms with Crippen molar-refractivity contribution in [3.05, 3.63) is 22.2 Å². The summed E-state index contributed by atoms with van der Waals surface area (Å²) in [4.78, 5) is 0. The number of hydrogen-bond donors (Lipinski definition) is 1. The maximum atomic E-state index is 12.0. The van der Waals surface area contributed by atoms with Gasteiger partial charge in [-0.05, 0) is 52.3 Å². The SMILES string of the molecule is CCOc1cc(CN)cc(Br)c1OCCSC(F)(F)F. The molecule has 0 aliphatic rings. The third kappa shape index (κ3) is 5.80. The predicted molar refractivity (Wildman–Crippen MR) is 77.2 cm³/mol. The lowest BCUT2D eigenvalue weighted by molar-refractivity contribution is -0.0329. The molecular formula is C12H15BrF3NO2S. The first-order valence-electron chi connectivity index (χ1n) is 5.86. The number of thioether (sulfide) groups is 1. The van der Waals surface area contributed by atoms with Crippen LogP contribution in [0.25, 0.3) is 0 Å². The summed E-state index contributed by atoms with van der Waals surface area (Å²) in [5, 5.41) is 0. The van der Waals surface area contributed by atoms with Gasteiger partial charge in [0.2, 0.25) is 0 Å². The van der Waals surface area contributed by atoms with E-state index in [1.165, 1.54) is 0 Å². The number of nitrogens with two attached hydrogens (primary N) is 1. The fourth-order valence-corrected chi connectivity index (χ4v) is 2.45. The molecule has 8 heteroatoms. The van der Waals surface area contributed by atoms with E-state index < -0.39 is 5.51 Å². The molecule has 114 valence electrons. The van der Waals surface area contributed by atoms with Crippen LogP contribution in [0.2, 0.25) is 0 Å². The van der Waals surface area contributed by atoms with Crippen molar-refractivity contribution in [1.82, 2.24) is 0 Å². The Kier molecular flexibility index (Phi) is 6.97. The summed E-state index contributed by atoms with van der Waals surface area (Å²) >= 11 is 3.20. The molecule has 0 aliphatic carbocycles. The Morgan fingerprint density at radius 1 is 1.30 bits per heavy atom. The van der Waals surface area contributed by atoms with Crippen LogP contribution in [0, 0.1) is 0 Å². The topological polar surface area (TPSA) is 44.5 Å². The van der Waals surface area contributed by atoms with Gasteiger partial charge < -0.3 is 15.2 Å². The Morgan fingerprint density at radius 2 is 2.00 bits per heavy atom. The van der Waals surface area contributed by atoms with E-state index in [0.29, 0.717) is 29.1 Å². The summed E-state index contributed by atoms with van der Waals surface area (Å²) in [5.41, 5.74) is 2.16. The summed E-state index contributed by atoms with van der Waals surface area (Å²) in [6.45, 7) is 2.51. The van der Waals surface area contributed by atoms with Gasteiger partial charge in [0.25, 0.3) is 0 Å². The normalized spacial score (nSPS) is 11.5. The third-order valence-corrected chi connectivity index (χ3v) is 3.49. The van der Waals surface area contributed by atoms with Gasteiger partial charge in [-0.25, -0.2) is 0 Å². The minimum atomic E-state index is -4.24. The second kappa shape index (κ2) is 7.99. The zero-order valence-corrected chi connectivity index (χ0v) is 13.2. The maximum Gasteiger partial charge on any atom is 0.441 e. The molecule has 1 aromatic rings. The van der Waals surface area contributed by atoms with Crippen molar-refractivity contribution < 1.29 is 22.6 Å². The molecule has 0 radical (unpaired) electrons. The highest BCUT2D eigenvalue weighted by molar-refractivity contribution is 9.10. The van der Waals surface area contributed by atoms with E-state index in [2.05, 4.69) is 15.9 Å². The third-order valence-electron chi connectivity index (χ3n) is 2.20. The molecular weight excluding hydrogens is 359 g/mol. The van der Waals surface area contributed by atoms with E-state index in [1.54, 1.807) is 12.1 Å². The van der Waals surface area contributed by atoms with Gasteiger partial charge in [0.1, 0.15) is 0 Å². The predicted octanol–water partition coefficient (Wildman–Crippen LogP) is 3.94. The largest absolute Gasteiger partial charge is 0.490 e. The number of ether oxygens (including phenoxy) is 2. The molecule has 2 N–H and O–H groups in total. The first-order chi connectivity index (χ1) is 9.37. The number of benzene rings is 1. The van der Waals surface area contributed by atoms with Crippen molar-refractivity contribution in [2.24, 2.45) is 5.73 Å². The standard InChI is InChI=1S/C12H15BrF3NO2S/c1-2-18-10-6-8(7-17)5-9(13)11(10)19-3-4-20-12(14,15)16/h5-6H,2-4,7,17H2,1H3. The van der Waals surface area contributed by atoms with Gasteiger partial charge in [-0.3, -0.25) is 0 Å². The molecule has 1 aromatic carbocycles. The quantitative estimate of drug-likeness (QED) is 0.735. The first-order valence-corrected chi connectivity index (χ1v) is 7.64. The molecule has 0 bridgehead atoms. The fraction of sp³-hybridized carbons (Fsp3) is 0.500. The molecule has 1 rings (SSSR count). The van der Waals surface area contributed by atoms with Crippen LogP contribution in [0.15, 0.2) is 16.6 Å². The fourth-order valence-electron chi connectivity index (χ4n) is 1.44. The van der Waals surface area contributed by atoms with Crippen LogP contribution in [-0.4, -0.2) is 24.5 Å². The summed E-state index contributed by atoms with van der Waals surface area (Å²) in [6, 6.07) is 3.48. The van der Waals surface area contributed by atoms with E-state index in [1.807, 2.05) is 6.92 Å².